The van der Waals surface area contributed by atoms with E-state index in [1.807, 2.05) is 36.4 Å². The van der Waals surface area contributed by atoms with Crippen molar-refractivity contribution in [2.75, 3.05) is 25.7 Å². The van der Waals surface area contributed by atoms with Crippen LogP contribution in [0.25, 0.3) is 0 Å². The van der Waals surface area contributed by atoms with Crippen LogP contribution in [-0.4, -0.2) is 53.2 Å². The highest BCUT2D eigenvalue weighted by Gasteiger charge is 2.25. The van der Waals surface area contributed by atoms with Crippen molar-refractivity contribution >= 4 is 43.5 Å². The monoisotopic (exact) mass is 550 g/mol. The lowest BCUT2D eigenvalue weighted by atomic mass is 9.78. The van der Waals surface area contributed by atoms with Crippen LogP contribution >= 0.6 is 43.5 Å². The van der Waals surface area contributed by atoms with Gasteiger partial charge in [0.2, 0.25) is 0 Å². The van der Waals surface area contributed by atoms with Gasteiger partial charge in [-0.2, -0.15) is 0 Å². The second-order valence-electron chi connectivity index (χ2n) is 7.18. The maximum Gasteiger partial charge on any atom is 0.147 e. The van der Waals surface area contributed by atoms with Crippen LogP contribution in [0.2, 0.25) is 0 Å². The highest BCUT2D eigenvalue weighted by molar-refractivity contribution is 9.11. The van der Waals surface area contributed by atoms with Crippen LogP contribution in [0.5, 0.6) is 11.5 Å². The lowest BCUT2D eigenvalue weighted by Crippen LogP contribution is -2.22. The van der Waals surface area contributed by atoms with Gasteiger partial charge >= 0.3 is 0 Å². The Kier molecular flexibility index (Phi) is 9.25. The van der Waals surface area contributed by atoms with Gasteiger partial charge < -0.3 is 24.8 Å². The average molecular weight is 553 g/mol. The first-order chi connectivity index (χ1) is 13.7. The summed E-state index contributed by atoms with van der Waals surface area (Å²) < 4.78 is 12.7. The zero-order chi connectivity index (χ0) is 21.6. The van der Waals surface area contributed by atoms with Crippen molar-refractivity contribution in [1.82, 2.24) is 0 Å². The van der Waals surface area contributed by atoms with Gasteiger partial charge in [0, 0.05) is 5.41 Å². The van der Waals surface area contributed by atoms with E-state index in [0.29, 0.717) is 11.5 Å². The fraction of sp³-hybridized carbons (Fsp3) is 0.429. The Morgan fingerprint density at radius 2 is 1.48 bits per heavy atom. The van der Waals surface area contributed by atoms with Gasteiger partial charge in [-0.05, 0) is 67.3 Å². The van der Waals surface area contributed by atoms with Crippen LogP contribution in [0, 0.1) is 0 Å². The third kappa shape index (κ3) is 6.57. The molecule has 0 saturated carbocycles. The molecule has 0 saturated heterocycles. The normalized spacial score (nSPS) is 13.8. The van der Waals surface area contributed by atoms with Gasteiger partial charge in [0.25, 0.3) is 0 Å². The van der Waals surface area contributed by atoms with Crippen molar-refractivity contribution in [3.8, 4) is 11.5 Å². The standard InChI is InChI=1S/C21H25Br2ClO5/c1-21(2,13-3-5-17(6-4-13)28-12-16(27)10-25)14-7-18(22)20(19(23)8-14)29-11-15(26)9-24/h3-8,15-16,25-27H,9-12H2,1-2H3/t15-,16-/m1/s1. The Bertz CT molecular complexity index is 775. The van der Waals surface area contributed by atoms with E-state index >= 15 is 0 Å². The Labute approximate surface area is 192 Å². The van der Waals surface area contributed by atoms with Gasteiger partial charge in [0.1, 0.15) is 36.9 Å². The Morgan fingerprint density at radius 1 is 0.931 bits per heavy atom. The van der Waals surface area contributed by atoms with Crippen molar-refractivity contribution in [1.29, 1.82) is 0 Å². The molecule has 160 valence electrons. The first-order valence-electron chi connectivity index (χ1n) is 9.07. The van der Waals surface area contributed by atoms with Crippen LogP contribution in [0.15, 0.2) is 45.3 Å². The number of hydrogen-bond acceptors (Lipinski definition) is 5. The Morgan fingerprint density at radius 3 is 2.00 bits per heavy atom. The SMILES string of the molecule is CC(C)(c1ccc(OC[C@H](O)CO)cc1)c1cc(Br)c(OC[C@H](O)CCl)c(Br)c1. The molecule has 2 aromatic rings. The number of ether oxygens (including phenoxy) is 2. The predicted octanol–water partition coefficient (Wildman–Crippen LogP) is 4.25. The summed E-state index contributed by atoms with van der Waals surface area (Å²) in [4.78, 5) is 0. The van der Waals surface area contributed by atoms with Gasteiger partial charge in [-0.25, -0.2) is 0 Å². The summed E-state index contributed by atoms with van der Waals surface area (Å²) in [5.74, 6) is 1.35. The fourth-order valence-electron chi connectivity index (χ4n) is 2.66. The summed E-state index contributed by atoms with van der Waals surface area (Å²) in [6.45, 7) is 4.04. The number of aliphatic hydroxyl groups is 3. The molecule has 0 radical (unpaired) electrons. The van der Waals surface area contributed by atoms with Gasteiger partial charge in [0.05, 0.1) is 21.4 Å². The van der Waals surface area contributed by atoms with E-state index in [2.05, 4.69) is 45.7 Å². The van der Waals surface area contributed by atoms with Crippen molar-refractivity contribution in [2.24, 2.45) is 0 Å². The summed E-state index contributed by atoms with van der Waals surface area (Å²) in [5, 5.41) is 27.9. The molecule has 5 nitrogen and oxygen atoms in total. The number of hydrogen-bond donors (Lipinski definition) is 3. The minimum absolute atomic E-state index is 0.0407. The second-order valence-corrected chi connectivity index (χ2v) is 9.20. The van der Waals surface area contributed by atoms with Crippen molar-refractivity contribution in [3.63, 3.8) is 0 Å². The smallest absolute Gasteiger partial charge is 0.147 e. The molecule has 0 fully saturated rings. The van der Waals surface area contributed by atoms with Gasteiger partial charge in [-0.3, -0.25) is 0 Å². The minimum Gasteiger partial charge on any atom is -0.491 e. The molecular formula is C21H25Br2ClO5. The highest BCUT2D eigenvalue weighted by atomic mass is 79.9. The fourth-order valence-corrected chi connectivity index (χ4v) is 4.17. The van der Waals surface area contributed by atoms with E-state index in [1.54, 1.807) is 0 Å². The third-order valence-electron chi connectivity index (χ3n) is 4.55. The van der Waals surface area contributed by atoms with E-state index in [4.69, 9.17) is 26.2 Å². The summed E-state index contributed by atoms with van der Waals surface area (Å²) in [6.07, 6.45) is -1.63. The molecular weight excluding hydrogens is 527 g/mol. The van der Waals surface area contributed by atoms with Crippen LogP contribution in [0.3, 0.4) is 0 Å². The minimum atomic E-state index is -0.896. The summed E-state index contributed by atoms with van der Waals surface area (Å²) in [5.41, 5.74) is 1.84. The molecule has 2 rings (SSSR count). The van der Waals surface area contributed by atoms with Crippen LogP contribution in [0.4, 0.5) is 0 Å². The first-order valence-corrected chi connectivity index (χ1v) is 11.2. The molecule has 0 amide bonds. The molecule has 8 heteroatoms. The van der Waals surface area contributed by atoms with Gasteiger partial charge in [0.15, 0.2) is 0 Å². The molecule has 0 aromatic heterocycles. The van der Waals surface area contributed by atoms with Crippen LogP contribution in [0.1, 0.15) is 25.0 Å². The molecule has 29 heavy (non-hydrogen) atoms. The number of benzene rings is 2. The van der Waals surface area contributed by atoms with Crippen molar-refractivity contribution in [3.05, 3.63) is 56.5 Å². The molecule has 0 heterocycles. The van der Waals surface area contributed by atoms with Crippen molar-refractivity contribution in [2.45, 2.75) is 31.5 Å². The highest BCUT2D eigenvalue weighted by Crippen LogP contribution is 2.41. The molecule has 0 spiro atoms. The maximum absolute atomic E-state index is 9.61. The summed E-state index contributed by atoms with van der Waals surface area (Å²) >= 11 is 12.7. The van der Waals surface area contributed by atoms with Crippen LogP contribution in [-0.2, 0) is 5.41 Å². The van der Waals surface area contributed by atoms with Crippen LogP contribution < -0.4 is 9.47 Å². The molecule has 0 aliphatic rings. The van der Waals surface area contributed by atoms with Gasteiger partial charge in [-0.1, -0.05) is 26.0 Å². The van der Waals surface area contributed by atoms with E-state index < -0.39 is 12.2 Å². The van der Waals surface area contributed by atoms with E-state index in [1.165, 1.54) is 0 Å². The first kappa shape index (κ1) is 24.4. The van der Waals surface area contributed by atoms with E-state index in [-0.39, 0.29) is 31.1 Å². The van der Waals surface area contributed by atoms with E-state index in [9.17, 15) is 10.2 Å². The number of aliphatic hydroxyl groups excluding tert-OH is 3. The Balaban J connectivity index is 2.19. The molecule has 2 aromatic carbocycles. The third-order valence-corrected chi connectivity index (χ3v) is 6.08. The second kappa shape index (κ2) is 11.0. The quantitative estimate of drug-likeness (QED) is 0.384. The average Bonchev–Trinajstić information content (AvgIpc) is 2.71. The van der Waals surface area contributed by atoms with E-state index in [0.717, 1.165) is 20.1 Å². The predicted molar refractivity (Wildman–Crippen MR) is 121 cm³/mol. The molecule has 0 bridgehead atoms. The summed E-state index contributed by atoms with van der Waals surface area (Å²) in [7, 11) is 0. The lowest BCUT2D eigenvalue weighted by Gasteiger charge is -2.27. The number of halogens is 3. The van der Waals surface area contributed by atoms with Crippen molar-refractivity contribution < 1.29 is 24.8 Å². The molecule has 3 N–H and O–H groups in total. The molecule has 0 aliphatic carbocycles. The molecule has 2 atom stereocenters. The van der Waals surface area contributed by atoms with Gasteiger partial charge in [-0.15, -0.1) is 11.6 Å². The number of alkyl halides is 1. The number of rotatable bonds is 10. The Hall–Kier alpha value is -0.830. The summed E-state index contributed by atoms with van der Waals surface area (Å²) in [6, 6.07) is 11.6. The topological polar surface area (TPSA) is 79.2 Å². The molecule has 0 unspecified atom stereocenters. The largest absolute Gasteiger partial charge is 0.491 e. The molecule has 0 aliphatic heterocycles. The zero-order valence-electron chi connectivity index (χ0n) is 16.2. The lowest BCUT2D eigenvalue weighted by molar-refractivity contribution is 0.0536. The maximum atomic E-state index is 9.61. The zero-order valence-corrected chi connectivity index (χ0v) is 20.2.